The number of aromatic nitrogens is 2. The zero-order valence-electron chi connectivity index (χ0n) is 18.3. The van der Waals surface area contributed by atoms with E-state index in [0.717, 1.165) is 32.1 Å². The third-order valence-corrected chi connectivity index (χ3v) is 6.16. The van der Waals surface area contributed by atoms with E-state index in [-0.39, 0.29) is 42.2 Å². The fourth-order valence-corrected chi connectivity index (χ4v) is 4.48. The number of amides is 2. The van der Waals surface area contributed by atoms with E-state index >= 15 is 0 Å². The molecule has 2 aliphatic rings. The monoisotopic (exact) mass is 442 g/mol. The number of nitrogens with zero attached hydrogens (tertiary/aromatic N) is 3. The average molecular weight is 442 g/mol. The summed E-state index contributed by atoms with van der Waals surface area (Å²) in [5, 5.41) is 7.28. The molecule has 1 atom stereocenters. The Morgan fingerprint density at radius 1 is 1.25 bits per heavy atom. The molecule has 32 heavy (non-hydrogen) atoms. The summed E-state index contributed by atoms with van der Waals surface area (Å²) in [6.07, 6.45) is 4.94. The second kappa shape index (κ2) is 8.72. The molecule has 0 saturated heterocycles. The van der Waals surface area contributed by atoms with E-state index in [1.54, 1.807) is 19.9 Å². The predicted molar refractivity (Wildman–Crippen MR) is 115 cm³/mol. The first-order chi connectivity index (χ1) is 15.3. The highest BCUT2D eigenvalue weighted by Crippen LogP contribution is 2.34. The normalized spacial score (nSPS) is 21.2. The molecule has 4 rings (SSSR count). The maximum Gasteiger partial charge on any atom is 0.358 e. The fraction of sp³-hybridized carbons (Fsp3) is 0.478. The molecule has 9 heteroatoms. The van der Waals surface area contributed by atoms with Gasteiger partial charge in [-0.25, -0.2) is 9.18 Å². The van der Waals surface area contributed by atoms with Crippen LogP contribution in [0.25, 0.3) is 0 Å². The first kappa shape index (κ1) is 22.0. The minimum Gasteiger partial charge on any atom is -0.461 e. The summed E-state index contributed by atoms with van der Waals surface area (Å²) in [4.78, 5) is 40.4. The molecule has 8 nitrogen and oxygen atoms in total. The Morgan fingerprint density at radius 3 is 2.66 bits per heavy atom. The third kappa shape index (κ3) is 3.87. The van der Waals surface area contributed by atoms with Crippen molar-refractivity contribution in [3.63, 3.8) is 0 Å². The van der Waals surface area contributed by atoms with E-state index in [9.17, 15) is 18.8 Å². The number of nitrogens with one attached hydrogen (secondary N) is 1. The maximum absolute atomic E-state index is 14.8. The van der Waals surface area contributed by atoms with Gasteiger partial charge in [-0.15, -0.1) is 0 Å². The molecular weight excluding hydrogens is 415 g/mol. The highest BCUT2D eigenvalue weighted by molar-refractivity contribution is 6.12. The summed E-state index contributed by atoms with van der Waals surface area (Å²) < 4.78 is 21.1. The van der Waals surface area contributed by atoms with E-state index in [2.05, 4.69) is 10.4 Å². The van der Waals surface area contributed by atoms with Crippen LogP contribution in [-0.4, -0.2) is 45.8 Å². The number of esters is 1. The van der Waals surface area contributed by atoms with Crippen molar-refractivity contribution in [3.8, 4) is 0 Å². The van der Waals surface area contributed by atoms with Crippen LogP contribution in [0.1, 0.15) is 66.9 Å². The first-order valence-electron chi connectivity index (χ1n) is 11.0. The number of halogens is 1. The van der Waals surface area contributed by atoms with Crippen molar-refractivity contribution in [2.75, 3.05) is 11.5 Å². The molecule has 1 aliphatic heterocycles. The zero-order chi connectivity index (χ0) is 22.9. The van der Waals surface area contributed by atoms with Gasteiger partial charge in [0.2, 0.25) is 5.91 Å². The highest BCUT2D eigenvalue weighted by atomic mass is 19.1. The lowest BCUT2D eigenvalue weighted by Gasteiger charge is -2.44. The van der Waals surface area contributed by atoms with Gasteiger partial charge in [-0.3, -0.25) is 19.2 Å². The molecule has 2 heterocycles. The van der Waals surface area contributed by atoms with Crippen LogP contribution >= 0.6 is 0 Å². The van der Waals surface area contributed by atoms with E-state index < -0.39 is 23.2 Å². The van der Waals surface area contributed by atoms with Crippen molar-refractivity contribution < 1.29 is 23.5 Å². The summed E-state index contributed by atoms with van der Waals surface area (Å²) in [5.74, 6) is -2.25. The minimum absolute atomic E-state index is 0.00364. The minimum atomic E-state index is -1.44. The molecule has 1 aliphatic carbocycles. The number of hydrogen-bond donors (Lipinski definition) is 1. The van der Waals surface area contributed by atoms with E-state index in [1.807, 2.05) is 0 Å². The molecule has 1 N–H and O–H groups in total. The Labute approximate surface area is 185 Å². The molecule has 1 aromatic heterocycles. The summed E-state index contributed by atoms with van der Waals surface area (Å²) >= 11 is 0. The molecule has 1 unspecified atom stereocenters. The van der Waals surface area contributed by atoms with Crippen LogP contribution in [0.2, 0.25) is 0 Å². The predicted octanol–water partition coefficient (Wildman–Crippen LogP) is 3.07. The zero-order valence-corrected chi connectivity index (χ0v) is 18.3. The number of fused-ring (bicyclic) bond motifs is 1. The SMILES string of the molecule is CCOC(=O)c1cc2n(n1)CC(C)(C(=O)NC1CCCCC1)N(c1ccccc1F)C2=O. The number of para-hydroxylation sites is 1. The maximum atomic E-state index is 14.8. The molecule has 2 amide bonds. The largest absolute Gasteiger partial charge is 0.461 e. The Morgan fingerprint density at radius 2 is 1.97 bits per heavy atom. The molecule has 0 spiro atoms. The van der Waals surface area contributed by atoms with Gasteiger partial charge in [0.1, 0.15) is 17.1 Å². The molecule has 1 aromatic carbocycles. The molecule has 1 fully saturated rings. The lowest BCUT2D eigenvalue weighted by molar-refractivity contribution is -0.127. The Bertz CT molecular complexity index is 1050. The number of ether oxygens (including phenoxy) is 1. The van der Waals surface area contributed by atoms with Gasteiger partial charge in [0.15, 0.2) is 5.69 Å². The molecular formula is C23H27FN4O4. The van der Waals surface area contributed by atoms with Gasteiger partial charge in [0.05, 0.1) is 18.8 Å². The van der Waals surface area contributed by atoms with Crippen molar-refractivity contribution in [1.29, 1.82) is 0 Å². The Kier molecular flexibility index (Phi) is 5.99. The van der Waals surface area contributed by atoms with Gasteiger partial charge in [-0.2, -0.15) is 5.10 Å². The van der Waals surface area contributed by atoms with Gasteiger partial charge in [-0.1, -0.05) is 31.4 Å². The summed E-state index contributed by atoms with van der Waals surface area (Å²) in [7, 11) is 0. The number of anilines is 1. The smallest absolute Gasteiger partial charge is 0.358 e. The average Bonchev–Trinajstić information content (AvgIpc) is 3.20. The van der Waals surface area contributed by atoms with Crippen LogP contribution in [0.4, 0.5) is 10.1 Å². The topological polar surface area (TPSA) is 93.5 Å². The molecule has 0 bridgehead atoms. The Balaban J connectivity index is 1.75. The van der Waals surface area contributed by atoms with Crippen LogP contribution in [0.5, 0.6) is 0 Å². The van der Waals surface area contributed by atoms with Gasteiger partial charge in [0, 0.05) is 12.1 Å². The molecule has 0 radical (unpaired) electrons. The second-order valence-electron chi connectivity index (χ2n) is 8.47. The van der Waals surface area contributed by atoms with Crippen molar-refractivity contribution in [3.05, 3.63) is 47.5 Å². The quantitative estimate of drug-likeness (QED) is 0.719. The van der Waals surface area contributed by atoms with Crippen LogP contribution in [0.3, 0.4) is 0 Å². The van der Waals surface area contributed by atoms with Gasteiger partial charge < -0.3 is 10.1 Å². The summed E-state index contributed by atoms with van der Waals surface area (Å²) in [5.41, 5.74) is -1.37. The van der Waals surface area contributed by atoms with Crippen LogP contribution in [-0.2, 0) is 16.1 Å². The number of rotatable bonds is 5. The van der Waals surface area contributed by atoms with Crippen molar-refractivity contribution in [2.24, 2.45) is 0 Å². The fourth-order valence-electron chi connectivity index (χ4n) is 4.48. The van der Waals surface area contributed by atoms with E-state index in [0.29, 0.717) is 0 Å². The van der Waals surface area contributed by atoms with Gasteiger partial charge in [-0.05, 0) is 38.8 Å². The van der Waals surface area contributed by atoms with Crippen molar-refractivity contribution in [1.82, 2.24) is 15.1 Å². The number of carbonyl (C=O) groups is 3. The number of carbonyl (C=O) groups excluding carboxylic acids is 3. The van der Waals surface area contributed by atoms with Crippen LogP contribution < -0.4 is 10.2 Å². The molecule has 170 valence electrons. The molecule has 2 aromatic rings. The third-order valence-electron chi connectivity index (χ3n) is 6.16. The number of hydrogen-bond acceptors (Lipinski definition) is 5. The Hall–Kier alpha value is -3.23. The van der Waals surface area contributed by atoms with Crippen LogP contribution in [0, 0.1) is 5.82 Å². The van der Waals surface area contributed by atoms with Crippen molar-refractivity contribution in [2.45, 2.75) is 64.1 Å². The lowest BCUT2D eigenvalue weighted by Crippen LogP contribution is -2.65. The standard InChI is InChI=1S/C23H27FN4O4/c1-3-32-21(30)17-13-19-20(29)28(18-12-8-7-11-16(18)24)23(2,14-27(19)26-17)22(31)25-15-9-5-4-6-10-15/h7-8,11-13,15H,3-6,9-10,14H2,1-2H3,(H,25,31). The van der Waals surface area contributed by atoms with Crippen LogP contribution in [0.15, 0.2) is 30.3 Å². The summed E-state index contributed by atoms with van der Waals surface area (Å²) in [6.45, 7) is 3.41. The highest BCUT2D eigenvalue weighted by Gasteiger charge is 2.50. The second-order valence-corrected chi connectivity index (χ2v) is 8.47. The van der Waals surface area contributed by atoms with E-state index in [1.165, 1.54) is 33.8 Å². The number of benzene rings is 1. The summed E-state index contributed by atoms with van der Waals surface area (Å²) in [6, 6.07) is 7.19. The molecule has 1 saturated carbocycles. The van der Waals surface area contributed by atoms with Gasteiger partial charge >= 0.3 is 5.97 Å². The van der Waals surface area contributed by atoms with Crippen molar-refractivity contribution >= 4 is 23.5 Å². The first-order valence-corrected chi connectivity index (χ1v) is 11.0. The van der Waals surface area contributed by atoms with Gasteiger partial charge in [0.25, 0.3) is 5.91 Å². The lowest BCUT2D eigenvalue weighted by atomic mass is 9.91. The van der Waals surface area contributed by atoms with E-state index in [4.69, 9.17) is 4.74 Å².